The standard InChI is InChI=1S/C17H21BrN2/c1-11-4-5-13(3)16(8-11)17(10-19)20-15-7-12(2)6-14(18)9-15/h4-9,17,20H,10,19H2,1-3H3. The Kier molecular flexibility index (Phi) is 4.84. The molecule has 2 aromatic rings. The zero-order chi connectivity index (χ0) is 14.7. The van der Waals surface area contributed by atoms with Crippen LogP contribution in [0.1, 0.15) is 28.3 Å². The zero-order valence-electron chi connectivity index (χ0n) is 12.2. The zero-order valence-corrected chi connectivity index (χ0v) is 13.8. The molecule has 106 valence electrons. The molecule has 0 heterocycles. The van der Waals surface area contributed by atoms with Crippen molar-refractivity contribution in [1.29, 1.82) is 0 Å². The fourth-order valence-corrected chi connectivity index (χ4v) is 3.03. The molecule has 0 aliphatic heterocycles. The van der Waals surface area contributed by atoms with E-state index < -0.39 is 0 Å². The highest BCUT2D eigenvalue weighted by Crippen LogP contribution is 2.25. The average molecular weight is 333 g/mol. The Morgan fingerprint density at radius 1 is 1.05 bits per heavy atom. The molecule has 0 amide bonds. The molecule has 2 aromatic carbocycles. The van der Waals surface area contributed by atoms with Gasteiger partial charge in [-0.2, -0.15) is 0 Å². The van der Waals surface area contributed by atoms with Gasteiger partial charge < -0.3 is 11.1 Å². The Morgan fingerprint density at radius 2 is 1.80 bits per heavy atom. The molecule has 0 fully saturated rings. The average Bonchev–Trinajstić information content (AvgIpc) is 2.38. The van der Waals surface area contributed by atoms with Crippen LogP contribution >= 0.6 is 15.9 Å². The summed E-state index contributed by atoms with van der Waals surface area (Å²) in [5.74, 6) is 0. The minimum atomic E-state index is 0.128. The topological polar surface area (TPSA) is 38.0 Å². The Balaban J connectivity index is 2.31. The van der Waals surface area contributed by atoms with Crippen LogP contribution in [0.15, 0.2) is 40.9 Å². The predicted octanol–water partition coefficient (Wildman–Crippen LogP) is 4.49. The SMILES string of the molecule is Cc1cc(Br)cc(NC(CN)c2cc(C)ccc2C)c1. The molecule has 1 atom stereocenters. The van der Waals surface area contributed by atoms with Gasteiger partial charge >= 0.3 is 0 Å². The molecule has 0 spiro atoms. The molecule has 0 aliphatic carbocycles. The van der Waals surface area contributed by atoms with E-state index in [1.807, 2.05) is 0 Å². The van der Waals surface area contributed by atoms with Gasteiger partial charge in [-0.3, -0.25) is 0 Å². The lowest BCUT2D eigenvalue weighted by molar-refractivity contribution is 0.782. The van der Waals surface area contributed by atoms with Crippen LogP contribution in [0, 0.1) is 20.8 Å². The molecule has 2 rings (SSSR count). The van der Waals surface area contributed by atoms with Gasteiger partial charge in [0, 0.05) is 16.7 Å². The highest BCUT2D eigenvalue weighted by atomic mass is 79.9. The molecular weight excluding hydrogens is 312 g/mol. The normalized spacial score (nSPS) is 12.2. The van der Waals surface area contributed by atoms with Gasteiger partial charge in [-0.05, 0) is 55.7 Å². The second-order valence-electron chi connectivity index (χ2n) is 5.31. The first kappa shape index (κ1) is 15.1. The summed E-state index contributed by atoms with van der Waals surface area (Å²) >= 11 is 3.54. The minimum absolute atomic E-state index is 0.128. The molecule has 0 saturated carbocycles. The van der Waals surface area contributed by atoms with Crippen LogP contribution < -0.4 is 11.1 Å². The van der Waals surface area contributed by atoms with Crippen molar-refractivity contribution in [1.82, 2.24) is 0 Å². The summed E-state index contributed by atoms with van der Waals surface area (Å²) in [4.78, 5) is 0. The predicted molar refractivity (Wildman–Crippen MR) is 90.2 cm³/mol. The van der Waals surface area contributed by atoms with Crippen molar-refractivity contribution in [2.24, 2.45) is 5.73 Å². The van der Waals surface area contributed by atoms with Crippen LogP contribution in [0.25, 0.3) is 0 Å². The van der Waals surface area contributed by atoms with Crippen LogP contribution in [-0.4, -0.2) is 6.54 Å². The van der Waals surface area contributed by atoms with Crippen molar-refractivity contribution in [3.63, 3.8) is 0 Å². The van der Waals surface area contributed by atoms with E-state index in [1.54, 1.807) is 0 Å². The van der Waals surface area contributed by atoms with Gasteiger partial charge in [-0.15, -0.1) is 0 Å². The number of anilines is 1. The van der Waals surface area contributed by atoms with Crippen molar-refractivity contribution in [3.8, 4) is 0 Å². The number of nitrogens with two attached hydrogens (primary N) is 1. The van der Waals surface area contributed by atoms with Crippen molar-refractivity contribution in [2.75, 3.05) is 11.9 Å². The minimum Gasteiger partial charge on any atom is -0.377 e. The summed E-state index contributed by atoms with van der Waals surface area (Å²) in [6.07, 6.45) is 0. The van der Waals surface area contributed by atoms with Crippen molar-refractivity contribution in [2.45, 2.75) is 26.8 Å². The number of benzene rings is 2. The van der Waals surface area contributed by atoms with E-state index in [4.69, 9.17) is 5.73 Å². The monoisotopic (exact) mass is 332 g/mol. The maximum Gasteiger partial charge on any atom is 0.0638 e. The van der Waals surface area contributed by atoms with Crippen LogP contribution in [0.2, 0.25) is 0 Å². The molecule has 3 heteroatoms. The molecular formula is C17H21BrN2. The third kappa shape index (κ3) is 3.62. The maximum atomic E-state index is 5.97. The second kappa shape index (κ2) is 6.42. The lowest BCUT2D eigenvalue weighted by Crippen LogP contribution is -2.21. The fourth-order valence-electron chi connectivity index (χ4n) is 2.42. The largest absolute Gasteiger partial charge is 0.377 e. The summed E-state index contributed by atoms with van der Waals surface area (Å²) < 4.78 is 1.08. The van der Waals surface area contributed by atoms with Gasteiger partial charge in [0.25, 0.3) is 0 Å². The number of hydrogen-bond donors (Lipinski definition) is 2. The first-order chi connectivity index (χ1) is 9.49. The smallest absolute Gasteiger partial charge is 0.0638 e. The number of nitrogens with one attached hydrogen (secondary N) is 1. The van der Waals surface area contributed by atoms with E-state index in [1.165, 1.54) is 22.3 Å². The highest BCUT2D eigenvalue weighted by molar-refractivity contribution is 9.10. The molecule has 0 bridgehead atoms. The van der Waals surface area contributed by atoms with E-state index in [2.05, 4.69) is 78.4 Å². The maximum absolute atomic E-state index is 5.97. The van der Waals surface area contributed by atoms with Gasteiger partial charge in [0.05, 0.1) is 6.04 Å². The van der Waals surface area contributed by atoms with Gasteiger partial charge in [-0.25, -0.2) is 0 Å². The fraction of sp³-hybridized carbons (Fsp3) is 0.294. The van der Waals surface area contributed by atoms with E-state index in [-0.39, 0.29) is 6.04 Å². The number of rotatable bonds is 4. The Morgan fingerprint density at radius 3 is 2.45 bits per heavy atom. The molecule has 3 N–H and O–H groups in total. The van der Waals surface area contributed by atoms with E-state index in [9.17, 15) is 0 Å². The summed E-state index contributed by atoms with van der Waals surface area (Å²) in [5.41, 5.74) is 12.1. The van der Waals surface area contributed by atoms with Crippen molar-refractivity contribution in [3.05, 3.63) is 63.1 Å². The number of aryl methyl sites for hydroxylation is 3. The molecule has 0 saturated heterocycles. The van der Waals surface area contributed by atoms with Gasteiger partial charge in [0.15, 0.2) is 0 Å². The first-order valence-corrected chi connectivity index (χ1v) is 7.60. The summed E-state index contributed by atoms with van der Waals surface area (Å²) in [6, 6.07) is 12.9. The Bertz CT molecular complexity index is 588. The van der Waals surface area contributed by atoms with Crippen LogP contribution in [0.3, 0.4) is 0 Å². The Labute approximate surface area is 129 Å². The second-order valence-corrected chi connectivity index (χ2v) is 6.23. The highest BCUT2D eigenvalue weighted by Gasteiger charge is 2.12. The third-order valence-corrected chi connectivity index (χ3v) is 3.89. The lowest BCUT2D eigenvalue weighted by Gasteiger charge is -2.21. The third-order valence-electron chi connectivity index (χ3n) is 3.43. The number of hydrogen-bond acceptors (Lipinski definition) is 2. The molecule has 0 aromatic heterocycles. The van der Waals surface area contributed by atoms with Gasteiger partial charge in [0.2, 0.25) is 0 Å². The molecule has 2 nitrogen and oxygen atoms in total. The Hall–Kier alpha value is -1.32. The summed E-state index contributed by atoms with van der Waals surface area (Å²) in [6.45, 7) is 6.90. The van der Waals surface area contributed by atoms with Crippen LogP contribution in [-0.2, 0) is 0 Å². The van der Waals surface area contributed by atoms with Crippen LogP contribution in [0.4, 0.5) is 5.69 Å². The van der Waals surface area contributed by atoms with Crippen molar-refractivity contribution < 1.29 is 0 Å². The number of halogens is 1. The lowest BCUT2D eigenvalue weighted by atomic mass is 9.98. The van der Waals surface area contributed by atoms with E-state index >= 15 is 0 Å². The molecule has 0 aliphatic rings. The van der Waals surface area contributed by atoms with E-state index in [0.29, 0.717) is 6.54 Å². The van der Waals surface area contributed by atoms with Crippen molar-refractivity contribution >= 4 is 21.6 Å². The summed E-state index contributed by atoms with van der Waals surface area (Å²) in [7, 11) is 0. The molecule has 20 heavy (non-hydrogen) atoms. The van der Waals surface area contributed by atoms with Gasteiger partial charge in [0.1, 0.15) is 0 Å². The van der Waals surface area contributed by atoms with Gasteiger partial charge in [-0.1, -0.05) is 39.7 Å². The van der Waals surface area contributed by atoms with E-state index in [0.717, 1.165) is 10.2 Å². The summed E-state index contributed by atoms with van der Waals surface area (Å²) in [5, 5.41) is 3.54. The van der Waals surface area contributed by atoms with Crippen LogP contribution in [0.5, 0.6) is 0 Å². The quantitative estimate of drug-likeness (QED) is 0.865. The first-order valence-electron chi connectivity index (χ1n) is 6.80. The molecule has 1 unspecified atom stereocenters. The molecule has 0 radical (unpaired) electrons.